The smallest absolute Gasteiger partial charge is 0.141 e. The second-order valence-corrected chi connectivity index (χ2v) is 5.72. The topological polar surface area (TPSA) is 9.23 Å². The largest absolute Gasteiger partial charge is 0.456 e. The predicted octanol–water partition coefficient (Wildman–Crippen LogP) is 4.29. The van der Waals surface area contributed by atoms with Crippen molar-refractivity contribution in [1.29, 1.82) is 0 Å². The molecular weight excluding hydrogens is 272 g/mol. The zero-order valence-corrected chi connectivity index (χ0v) is 10.1. The third-order valence-corrected chi connectivity index (χ3v) is 3.86. The molecule has 1 aromatic rings. The van der Waals surface area contributed by atoms with Crippen LogP contribution in [0.1, 0.15) is 5.56 Å². The first-order chi connectivity index (χ1) is 7.33. The van der Waals surface area contributed by atoms with Crippen molar-refractivity contribution >= 4 is 33.8 Å². The fraction of sp³-hybridized carbons (Fsp3) is 0. The van der Waals surface area contributed by atoms with Gasteiger partial charge in [0, 0.05) is 5.56 Å². The van der Waals surface area contributed by atoms with Gasteiger partial charge < -0.3 is 4.74 Å². The maximum atomic E-state index is 5.79. The van der Waals surface area contributed by atoms with Gasteiger partial charge in [-0.05, 0) is 40.2 Å². The fourth-order valence-electron chi connectivity index (χ4n) is 1.55. The summed E-state index contributed by atoms with van der Waals surface area (Å²) in [4.78, 5) is 1.16. The van der Waals surface area contributed by atoms with Gasteiger partial charge in [0.1, 0.15) is 11.5 Å². The number of fused-ring (bicyclic) bond motifs is 2. The van der Waals surface area contributed by atoms with Crippen LogP contribution in [-0.4, -0.2) is 0 Å². The van der Waals surface area contributed by atoms with Crippen LogP contribution < -0.4 is 4.74 Å². The Morgan fingerprint density at radius 1 is 1.13 bits per heavy atom. The molecule has 15 heavy (non-hydrogen) atoms. The number of benzene rings is 1. The Morgan fingerprint density at radius 2 is 2.00 bits per heavy atom. The third kappa shape index (κ3) is 1.66. The number of hydrogen-bond acceptors (Lipinski definition) is 2. The van der Waals surface area contributed by atoms with Crippen LogP contribution in [0.5, 0.6) is 5.75 Å². The second-order valence-electron chi connectivity index (χ2n) is 3.25. The summed E-state index contributed by atoms with van der Waals surface area (Å²) in [5.41, 5.74) is 1.14. The first kappa shape index (κ1) is 9.31. The lowest BCUT2D eigenvalue weighted by molar-refractivity contribution is 0.437. The van der Waals surface area contributed by atoms with E-state index in [1.54, 1.807) is 11.8 Å². The molecule has 0 radical (unpaired) electrons. The summed E-state index contributed by atoms with van der Waals surface area (Å²) in [6, 6.07) is 8.06. The van der Waals surface area contributed by atoms with Crippen molar-refractivity contribution in [1.82, 2.24) is 0 Å². The number of para-hydroxylation sites is 1. The maximum Gasteiger partial charge on any atom is 0.141 e. The van der Waals surface area contributed by atoms with Crippen LogP contribution in [0, 0.1) is 0 Å². The Labute approximate surface area is 101 Å². The molecule has 2 aliphatic rings. The van der Waals surface area contributed by atoms with Crippen LogP contribution in [0.3, 0.4) is 0 Å². The molecule has 0 amide bonds. The monoisotopic (exact) mass is 278 g/mol. The van der Waals surface area contributed by atoms with E-state index in [2.05, 4.69) is 28.1 Å². The van der Waals surface area contributed by atoms with Crippen molar-refractivity contribution in [3.05, 3.63) is 56.5 Å². The highest BCUT2D eigenvalue weighted by atomic mass is 79.9. The molecule has 1 aromatic carbocycles. The summed E-state index contributed by atoms with van der Waals surface area (Å²) in [6.45, 7) is 0. The van der Waals surface area contributed by atoms with E-state index in [9.17, 15) is 0 Å². The Kier molecular flexibility index (Phi) is 2.22. The van der Waals surface area contributed by atoms with E-state index in [4.69, 9.17) is 4.74 Å². The minimum atomic E-state index is 0.930. The van der Waals surface area contributed by atoms with Gasteiger partial charge in [-0.1, -0.05) is 30.0 Å². The summed E-state index contributed by atoms with van der Waals surface area (Å²) in [6.07, 6.45) is 6.15. The summed E-state index contributed by atoms with van der Waals surface area (Å²) in [7, 11) is 0. The van der Waals surface area contributed by atoms with E-state index in [-0.39, 0.29) is 0 Å². The normalized spacial score (nSPS) is 17.8. The minimum Gasteiger partial charge on any atom is -0.456 e. The Morgan fingerprint density at radius 3 is 2.93 bits per heavy atom. The molecule has 0 fully saturated rings. The van der Waals surface area contributed by atoms with Gasteiger partial charge in [0.25, 0.3) is 0 Å². The van der Waals surface area contributed by atoms with Crippen molar-refractivity contribution < 1.29 is 4.74 Å². The quantitative estimate of drug-likeness (QED) is 0.700. The van der Waals surface area contributed by atoms with Crippen LogP contribution >= 0.6 is 27.7 Å². The van der Waals surface area contributed by atoms with Gasteiger partial charge in [0.2, 0.25) is 0 Å². The second kappa shape index (κ2) is 3.58. The van der Waals surface area contributed by atoms with E-state index in [1.807, 2.05) is 30.4 Å². The van der Waals surface area contributed by atoms with Crippen molar-refractivity contribution in [3.63, 3.8) is 0 Å². The minimum absolute atomic E-state index is 0.930. The Balaban J connectivity index is 2.11. The van der Waals surface area contributed by atoms with Gasteiger partial charge in [-0.2, -0.15) is 0 Å². The van der Waals surface area contributed by atoms with Crippen LogP contribution in [0.25, 0.3) is 6.08 Å². The molecule has 0 saturated heterocycles. The average molecular weight is 279 g/mol. The lowest BCUT2D eigenvalue weighted by Gasteiger charge is -2.21. The zero-order valence-electron chi connectivity index (χ0n) is 7.74. The molecule has 0 N–H and O–H groups in total. The van der Waals surface area contributed by atoms with Crippen LogP contribution in [0.4, 0.5) is 0 Å². The zero-order chi connectivity index (χ0) is 10.3. The van der Waals surface area contributed by atoms with Gasteiger partial charge in [0.15, 0.2) is 0 Å². The number of halogens is 1. The first-order valence-electron chi connectivity index (χ1n) is 4.57. The number of thioether (sulfide) groups is 1. The standard InChI is InChI=1S/C12H7BrOS/c13-12-6-5-10-11(15-12)7-8-3-1-2-4-9(8)14-10/h1-7H. The van der Waals surface area contributed by atoms with Crippen LogP contribution in [0.2, 0.25) is 0 Å². The predicted molar refractivity (Wildman–Crippen MR) is 67.7 cm³/mol. The van der Waals surface area contributed by atoms with Crippen LogP contribution in [0.15, 0.2) is 50.9 Å². The molecule has 0 bridgehead atoms. The molecule has 0 spiro atoms. The summed E-state index contributed by atoms with van der Waals surface area (Å²) in [5, 5.41) is 0. The molecule has 3 rings (SSSR count). The molecule has 0 atom stereocenters. The van der Waals surface area contributed by atoms with E-state index in [0.717, 1.165) is 25.8 Å². The lowest BCUT2D eigenvalue weighted by Crippen LogP contribution is -2.04. The molecule has 0 saturated carbocycles. The highest BCUT2D eigenvalue weighted by molar-refractivity contribution is 9.14. The highest BCUT2D eigenvalue weighted by Gasteiger charge is 2.19. The molecule has 0 aromatic heterocycles. The van der Waals surface area contributed by atoms with Gasteiger partial charge >= 0.3 is 0 Å². The van der Waals surface area contributed by atoms with Crippen molar-refractivity contribution in [3.8, 4) is 5.75 Å². The molecule has 3 heteroatoms. The van der Waals surface area contributed by atoms with Gasteiger partial charge in [-0.3, -0.25) is 0 Å². The molecule has 0 aliphatic carbocycles. The Hall–Kier alpha value is -0.930. The summed E-state index contributed by atoms with van der Waals surface area (Å²) < 4.78 is 6.90. The number of rotatable bonds is 0. The SMILES string of the molecule is BrC1=CC=C2Oc3ccccc3C=C2S1. The van der Waals surface area contributed by atoms with Gasteiger partial charge in [-0.15, -0.1) is 0 Å². The third-order valence-electron chi connectivity index (χ3n) is 2.24. The number of ether oxygens (including phenoxy) is 1. The fourth-order valence-corrected chi connectivity index (χ4v) is 2.95. The molecule has 2 heterocycles. The average Bonchev–Trinajstić information content (AvgIpc) is 2.26. The van der Waals surface area contributed by atoms with Crippen molar-refractivity contribution in [2.75, 3.05) is 0 Å². The van der Waals surface area contributed by atoms with E-state index < -0.39 is 0 Å². The molecule has 74 valence electrons. The summed E-state index contributed by atoms with van der Waals surface area (Å²) in [5.74, 6) is 1.86. The van der Waals surface area contributed by atoms with Crippen molar-refractivity contribution in [2.45, 2.75) is 0 Å². The van der Waals surface area contributed by atoms with E-state index in [0.29, 0.717) is 0 Å². The summed E-state index contributed by atoms with van der Waals surface area (Å²) >= 11 is 5.15. The van der Waals surface area contributed by atoms with Gasteiger partial charge in [-0.25, -0.2) is 0 Å². The molecule has 0 unspecified atom stereocenters. The number of hydrogen-bond donors (Lipinski definition) is 0. The molecule has 2 aliphatic heterocycles. The lowest BCUT2D eigenvalue weighted by atomic mass is 10.1. The van der Waals surface area contributed by atoms with E-state index >= 15 is 0 Å². The highest BCUT2D eigenvalue weighted by Crippen LogP contribution is 2.43. The van der Waals surface area contributed by atoms with Gasteiger partial charge in [0.05, 0.1) is 8.72 Å². The molecular formula is C12H7BrOS. The van der Waals surface area contributed by atoms with E-state index in [1.165, 1.54) is 0 Å². The van der Waals surface area contributed by atoms with Crippen molar-refractivity contribution in [2.24, 2.45) is 0 Å². The maximum absolute atomic E-state index is 5.79. The number of allylic oxidation sites excluding steroid dienone is 2. The first-order valence-corrected chi connectivity index (χ1v) is 6.18. The Bertz CT molecular complexity index is 514. The molecule has 1 nitrogen and oxygen atoms in total. The van der Waals surface area contributed by atoms with Crippen LogP contribution in [-0.2, 0) is 0 Å².